The largest absolute Gasteiger partial charge is 0.469 e. The van der Waals surface area contributed by atoms with Crippen LogP contribution in [0.3, 0.4) is 0 Å². The molecule has 0 saturated heterocycles. The van der Waals surface area contributed by atoms with E-state index in [0.717, 1.165) is 18.6 Å². The molecule has 0 radical (unpaired) electrons. The van der Waals surface area contributed by atoms with Crippen molar-refractivity contribution in [2.75, 3.05) is 12.9 Å². The second kappa shape index (κ2) is 5.97. The van der Waals surface area contributed by atoms with E-state index in [4.69, 9.17) is 10.5 Å². The molecule has 0 amide bonds. The van der Waals surface area contributed by atoms with Gasteiger partial charge in [-0.25, -0.2) is 0 Å². The fourth-order valence-corrected chi connectivity index (χ4v) is 4.19. The number of methoxy groups -OCH3 is 1. The molecular formula is C15H21NO2S. The van der Waals surface area contributed by atoms with Gasteiger partial charge in [0.2, 0.25) is 0 Å². The molecule has 0 aromatic heterocycles. The molecule has 0 bridgehead atoms. The summed E-state index contributed by atoms with van der Waals surface area (Å²) < 4.78 is 4.89. The molecule has 19 heavy (non-hydrogen) atoms. The molecule has 1 aromatic carbocycles. The Morgan fingerprint density at radius 1 is 1.53 bits per heavy atom. The first-order valence-corrected chi connectivity index (χ1v) is 7.67. The van der Waals surface area contributed by atoms with Crippen molar-refractivity contribution in [2.45, 2.75) is 42.5 Å². The summed E-state index contributed by atoms with van der Waals surface area (Å²) in [6, 6.07) is 8.28. The van der Waals surface area contributed by atoms with Gasteiger partial charge in [-0.1, -0.05) is 25.1 Å². The normalized spacial score (nSPS) is 23.5. The summed E-state index contributed by atoms with van der Waals surface area (Å²) in [4.78, 5) is 13.1. The number of hydrogen-bond donors (Lipinski definition) is 1. The minimum Gasteiger partial charge on any atom is -0.469 e. The average molecular weight is 279 g/mol. The maximum absolute atomic E-state index is 11.8. The van der Waals surface area contributed by atoms with E-state index in [1.807, 2.05) is 23.9 Å². The Balaban J connectivity index is 2.47. The van der Waals surface area contributed by atoms with Gasteiger partial charge in [-0.15, -0.1) is 11.8 Å². The van der Waals surface area contributed by atoms with Crippen molar-refractivity contribution in [2.24, 2.45) is 5.73 Å². The smallest absolute Gasteiger partial charge is 0.306 e. The van der Waals surface area contributed by atoms with Crippen LogP contribution >= 0.6 is 11.8 Å². The van der Waals surface area contributed by atoms with Crippen LogP contribution in [-0.4, -0.2) is 24.9 Å². The summed E-state index contributed by atoms with van der Waals surface area (Å²) in [6.45, 7) is 2.08. The second-order valence-corrected chi connectivity index (χ2v) is 6.16. The van der Waals surface area contributed by atoms with Crippen LogP contribution < -0.4 is 5.73 Å². The topological polar surface area (TPSA) is 52.3 Å². The van der Waals surface area contributed by atoms with Crippen molar-refractivity contribution in [3.05, 3.63) is 29.8 Å². The number of thioether (sulfide) groups is 1. The maximum atomic E-state index is 11.8. The molecular weight excluding hydrogens is 258 g/mol. The van der Waals surface area contributed by atoms with Crippen molar-refractivity contribution in [1.82, 2.24) is 0 Å². The summed E-state index contributed by atoms with van der Waals surface area (Å²) in [6.07, 6.45) is 2.16. The van der Waals surface area contributed by atoms with Gasteiger partial charge in [0.15, 0.2) is 0 Å². The number of esters is 1. The fourth-order valence-electron chi connectivity index (χ4n) is 2.90. The van der Waals surface area contributed by atoms with Crippen LogP contribution in [0.25, 0.3) is 0 Å². The Kier molecular flexibility index (Phi) is 4.53. The maximum Gasteiger partial charge on any atom is 0.306 e. The van der Waals surface area contributed by atoms with E-state index in [0.29, 0.717) is 6.42 Å². The molecule has 2 rings (SSSR count). The van der Waals surface area contributed by atoms with Gasteiger partial charge >= 0.3 is 5.97 Å². The Morgan fingerprint density at radius 2 is 2.26 bits per heavy atom. The molecule has 0 aliphatic carbocycles. The van der Waals surface area contributed by atoms with Gasteiger partial charge in [-0.3, -0.25) is 4.79 Å². The Bertz CT molecular complexity index is 463. The zero-order valence-corrected chi connectivity index (χ0v) is 12.3. The number of rotatable bonds is 4. The molecule has 2 N–H and O–H groups in total. The molecule has 0 spiro atoms. The molecule has 2 atom stereocenters. The number of benzene rings is 1. The van der Waals surface area contributed by atoms with Gasteiger partial charge in [0.1, 0.15) is 0 Å². The zero-order chi connectivity index (χ0) is 13.9. The number of nitrogens with two attached hydrogens (primary N) is 1. The van der Waals surface area contributed by atoms with Crippen LogP contribution in [0.5, 0.6) is 0 Å². The van der Waals surface area contributed by atoms with Crippen LogP contribution in [0.15, 0.2) is 29.2 Å². The molecule has 0 saturated carbocycles. The molecule has 1 aromatic rings. The summed E-state index contributed by atoms with van der Waals surface area (Å²) in [7, 11) is 1.44. The van der Waals surface area contributed by atoms with E-state index in [1.54, 1.807) is 0 Å². The van der Waals surface area contributed by atoms with Crippen LogP contribution in [0.1, 0.15) is 31.7 Å². The lowest BCUT2D eigenvalue weighted by Gasteiger charge is -2.42. The van der Waals surface area contributed by atoms with Crippen LogP contribution in [0, 0.1) is 0 Å². The van der Waals surface area contributed by atoms with Gasteiger partial charge < -0.3 is 10.5 Å². The van der Waals surface area contributed by atoms with Crippen molar-refractivity contribution in [3.63, 3.8) is 0 Å². The van der Waals surface area contributed by atoms with Gasteiger partial charge in [0.05, 0.1) is 13.5 Å². The van der Waals surface area contributed by atoms with Gasteiger partial charge in [-0.2, -0.15) is 0 Å². The molecule has 104 valence electrons. The summed E-state index contributed by atoms with van der Waals surface area (Å²) >= 11 is 1.85. The fraction of sp³-hybridized carbons (Fsp3) is 0.533. The lowest BCUT2D eigenvalue weighted by atomic mass is 9.69. The quantitative estimate of drug-likeness (QED) is 0.861. The number of fused-ring (bicyclic) bond motifs is 1. The lowest BCUT2D eigenvalue weighted by molar-refractivity contribution is -0.142. The van der Waals surface area contributed by atoms with E-state index >= 15 is 0 Å². The highest BCUT2D eigenvalue weighted by atomic mass is 32.2. The van der Waals surface area contributed by atoms with E-state index in [-0.39, 0.29) is 17.4 Å². The summed E-state index contributed by atoms with van der Waals surface area (Å²) in [5.74, 6) is 0.826. The van der Waals surface area contributed by atoms with Crippen LogP contribution in [0.2, 0.25) is 0 Å². The lowest BCUT2D eigenvalue weighted by Crippen LogP contribution is -2.48. The highest BCUT2D eigenvalue weighted by molar-refractivity contribution is 7.99. The van der Waals surface area contributed by atoms with E-state index < -0.39 is 0 Å². The van der Waals surface area contributed by atoms with Crippen LogP contribution in [0.4, 0.5) is 0 Å². The molecule has 1 aliphatic rings. The highest BCUT2D eigenvalue weighted by Gasteiger charge is 2.43. The Labute approximate surface area is 118 Å². The molecule has 0 fully saturated rings. The minimum absolute atomic E-state index is 0.0198. The second-order valence-electron chi connectivity index (χ2n) is 5.02. The zero-order valence-electron chi connectivity index (χ0n) is 11.5. The standard InChI is InChI=1S/C15H21NO2S/c1-3-13(16)15(10-14(17)18-2)8-9-19-12-7-5-4-6-11(12)15/h4-7,13H,3,8-10,16H2,1-2H3. The van der Waals surface area contributed by atoms with E-state index in [9.17, 15) is 4.79 Å². The first-order chi connectivity index (χ1) is 9.14. The van der Waals surface area contributed by atoms with Gasteiger partial charge in [0.25, 0.3) is 0 Å². The Morgan fingerprint density at radius 3 is 2.95 bits per heavy atom. The molecule has 2 unspecified atom stereocenters. The molecule has 4 heteroatoms. The number of carbonyl (C=O) groups excluding carboxylic acids is 1. The van der Waals surface area contributed by atoms with Crippen molar-refractivity contribution >= 4 is 17.7 Å². The van der Waals surface area contributed by atoms with Crippen molar-refractivity contribution in [3.8, 4) is 0 Å². The molecule has 1 heterocycles. The van der Waals surface area contributed by atoms with E-state index in [2.05, 4.69) is 19.1 Å². The third kappa shape index (κ3) is 2.65. The first-order valence-electron chi connectivity index (χ1n) is 6.68. The van der Waals surface area contributed by atoms with Gasteiger partial charge in [0, 0.05) is 16.4 Å². The predicted octanol–water partition coefficient (Wildman–Crippen LogP) is 2.72. The molecule has 1 aliphatic heterocycles. The Hall–Kier alpha value is -1.00. The summed E-state index contributed by atoms with van der Waals surface area (Å²) in [5.41, 5.74) is 7.32. The SMILES string of the molecule is CCC(N)C1(CC(=O)OC)CCSc2ccccc21. The van der Waals surface area contributed by atoms with Gasteiger partial charge in [-0.05, 0) is 30.2 Å². The van der Waals surface area contributed by atoms with Crippen LogP contribution in [-0.2, 0) is 14.9 Å². The number of carbonyl (C=O) groups is 1. The number of ether oxygens (including phenoxy) is 1. The van der Waals surface area contributed by atoms with E-state index in [1.165, 1.54) is 17.6 Å². The summed E-state index contributed by atoms with van der Waals surface area (Å²) in [5, 5.41) is 0. The third-order valence-electron chi connectivity index (χ3n) is 4.07. The monoisotopic (exact) mass is 279 g/mol. The first kappa shape index (κ1) is 14.4. The molecule has 3 nitrogen and oxygen atoms in total. The average Bonchev–Trinajstić information content (AvgIpc) is 2.46. The predicted molar refractivity (Wildman–Crippen MR) is 78.4 cm³/mol. The third-order valence-corrected chi connectivity index (χ3v) is 5.14. The van der Waals surface area contributed by atoms with Crippen molar-refractivity contribution in [1.29, 1.82) is 0 Å². The highest BCUT2D eigenvalue weighted by Crippen LogP contribution is 2.46. The minimum atomic E-state index is -0.274. The van der Waals surface area contributed by atoms with Crippen molar-refractivity contribution < 1.29 is 9.53 Å². The number of hydrogen-bond acceptors (Lipinski definition) is 4.